The number of nitrogens with zero attached hydrogens (tertiary/aromatic N) is 1. The second-order valence-corrected chi connectivity index (χ2v) is 5.89. The topological polar surface area (TPSA) is 32.3 Å². The fourth-order valence-electron chi connectivity index (χ4n) is 2.60. The number of amides is 1. The highest BCUT2D eigenvalue weighted by molar-refractivity contribution is 7.12. The van der Waals surface area contributed by atoms with Gasteiger partial charge in [-0.15, -0.1) is 11.3 Å². The van der Waals surface area contributed by atoms with Crippen molar-refractivity contribution in [1.29, 1.82) is 0 Å². The first kappa shape index (κ1) is 13.6. The van der Waals surface area contributed by atoms with E-state index in [1.807, 2.05) is 25.4 Å². The molecule has 0 spiro atoms. The van der Waals surface area contributed by atoms with E-state index in [1.54, 1.807) is 11.3 Å². The molecule has 18 heavy (non-hydrogen) atoms. The highest BCUT2D eigenvalue weighted by Crippen LogP contribution is 2.25. The minimum Gasteiger partial charge on any atom is -0.335 e. The van der Waals surface area contributed by atoms with Crippen molar-refractivity contribution >= 4 is 17.2 Å². The van der Waals surface area contributed by atoms with Gasteiger partial charge in [0.15, 0.2) is 0 Å². The minimum absolute atomic E-state index is 0.239. The Bertz CT molecular complexity index is 402. The molecule has 4 heteroatoms. The van der Waals surface area contributed by atoms with Gasteiger partial charge in [0.2, 0.25) is 0 Å². The normalized spacial score (nSPS) is 20.1. The lowest BCUT2D eigenvalue weighted by atomic mass is 9.99. The molecule has 0 aromatic carbocycles. The third-order valence-electron chi connectivity index (χ3n) is 3.67. The van der Waals surface area contributed by atoms with E-state index >= 15 is 0 Å². The quantitative estimate of drug-likeness (QED) is 0.908. The van der Waals surface area contributed by atoms with Crippen molar-refractivity contribution in [3.8, 4) is 0 Å². The lowest BCUT2D eigenvalue weighted by Gasteiger charge is -2.35. The first-order chi connectivity index (χ1) is 8.74. The Morgan fingerprint density at radius 3 is 3.06 bits per heavy atom. The van der Waals surface area contributed by atoms with Crippen LogP contribution in [0.15, 0.2) is 11.4 Å². The van der Waals surface area contributed by atoms with Gasteiger partial charge in [-0.2, -0.15) is 0 Å². The van der Waals surface area contributed by atoms with Gasteiger partial charge >= 0.3 is 0 Å². The number of hydrogen-bond donors (Lipinski definition) is 1. The average molecular weight is 266 g/mol. The summed E-state index contributed by atoms with van der Waals surface area (Å²) in [7, 11) is 1.97. The van der Waals surface area contributed by atoms with Crippen molar-refractivity contribution in [2.45, 2.75) is 38.6 Å². The molecule has 100 valence electrons. The summed E-state index contributed by atoms with van der Waals surface area (Å²) in [4.78, 5) is 15.6. The van der Waals surface area contributed by atoms with Crippen molar-refractivity contribution in [3.05, 3.63) is 21.9 Å². The molecule has 1 aliphatic heterocycles. The summed E-state index contributed by atoms with van der Waals surface area (Å²) in [5.74, 6) is 0.239. The summed E-state index contributed by atoms with van der Waals surface area (Å²) in [5, 5.41) is 5.19. The zero-order valence-corrected chi connectivity index (χ0v) is 12.1. The van der Waals surface area contributed by atoms with Gasteiger partial charge in [-0.3, -0.25) is 4.79 Å². The first-order valence-corrected chi connectivity index (χ1v) is 7.61. The molecule has 2 rings (SSSR count). The van der Waals surface area contributed by atoms with Gasteiger partial charge in [0, 0.05) is 12.6 Å². The zero-order chi connectivity index (χ0) is 13.0. The van der Waals surface area contributed by atoms with E-state index in [1.165, 1.54) is 6.42 Å². The number of piperidine rings is 1. The number of aryl methyl sites for hydroxylation is 1. The lowest BCUT2D eigenvalue weighted by Crippen LogP contribution is -2.44. The van der Waals surface area contributed by atoms with E-state index in [2.05, 4.69) is 10.2 Å². The van der Waals surface area contributed by atoms with Crippen molar-refractivity contribution in [2.75, 3.05) is 20.1 Å². The largest absolute Gasteiger partial charge is 0.335 e. The number of carbonyl (C=O) groups excluding carboxylic acids is 1. The summed E-state index contributed by atoms with van der Waals surface area (Å²) >= 11 is 1.57. The number of likely N-dealkylation sites (tertiary alicyclic amines) is 1. The molecule has 2 heterocycles. The second-order valence-electron chi connectivity index (χ2n) is 4.97. The zero-order valence-electron chi connectivity index (χ0n) is 11.2. The van der Waals surface area contributed by atoms with E-state index in [-0.39, 0.29) is 5.91 Å². The lowest BCUT2D eigenvalue weighted by molar-refractivity contribution is 0.0607. The monoisotopic (exact) mass is 266 g/mol. The molecule has 0 saturated carbocycles. The molecule has 1 atom stereocenters. The Hall–Kier alpha value is -0.870. The van der Waals surface area contributed by atoms with Gasteiger partial charge in [-0.1, -0.05) is 0 Å². The van der Waals surface area contributed by atoms with Crippen LogP contribution in [0.1, 0.15) is 40.9 Å². The average Bonchev–Trinajstić information content (AvgIpc) is 2.82. The van der Waals surface area contributed by atoms with Gasteiger partial charge in [0.25, 0.3) is 5.91 Å². The molecule has 1 aromatic heterocycles. The van der Waals surface area contributed by atoms with Gasteiger partial charge in [0.05, 0.1) is 4.88 Å². The van der Waals surface area contributed by atoms with Crippen LogP contribution in [-0.2, 0) is 0 Å². The maximum absolute atomic E-state index is 12.6. The summed E-state index contributed by atoms with van der Waals surface area (Å²) in [5.41, 5.74) is 1.11. The summed E-state index contributed by atoms with van der Waals surface area (Å²) < 4.78 is 0. The Balaban J connectivity index is 2.08. The number of rotatable bonds is 4. The fourth-order valence-corrected chi connectivity index (χ4v) is 3.48. The van der Waals surface area contributed by atoms with Crippen LogP contribution in [0.4, 0.5) is 0 Å². The fraction of sp³-hybridized carbons (Fsp3) is 0.643. The predicted molar refractivity (Wildman–Crippen MR) is 76.3 cm³/mol. The number of carbonyl (C=O) groups is 1. The maximum Gasteiger partial charge on any atom is 0.264 e. The second kappa shape index (κ2) is 6.34. The summed E-state index contributed by atoms with van der Waals surface area (Å²) in [6, 6.07) is 2.45. The van der Waals surface area contributed by atoms with Crippen LogP contribution in [0.25, 0.3) is 0 Å². The Morgan fingerprint density at radius 1 is 1.56 bits per heavy atom. The molecule has 1 N–H and O–H groups in total. The molecule has 3 nitrogen and oxygen atoms in total. The van der Waals surface area contributed by atoms with Gasteiger partial charge in [-0.05, 0) is 63.2 Å². The van der Waals surface area contributed by atoms with Crippen molar-refractivity contribution in [3.63, 3.8) is 0 Å². The van der Waals surface area contributed by atoms with E-state index in [4.69, 9.17) is 0 Å². The Kier molecular flexibility index (Phi) is 4.78. The third kappa shape index (κ3) is 2.93. The molecule has 1 fully saturated rings. The Labute approximate surface area is 113 Å². The van der Waals surface area contributed by atoms with Crippen LogP contribution in [0, 0.1) is 6.92 Å². The molecular weight excluding hydrogens is 244 g/mol. The van der Waals surface area contributed by atoms with E-state index in [0.717, 1.165) is 42.8 Å². The van der Waals surface area contributed by atoms with Crippen LogP contribution >= 0.6 is 11.3 Å². The van der Waals surface area contributed by atoms with E-state index < -0.39 is 0 Å². The third-order valence-corrected chi connectivity index (χ3v) is 4.68. The first-order valence-electron chi connectivity index (χ1n) is 6.73. The Morgan fingerprint density at radius 2 is 2.39 bits per heavy atom. The summed E-state index contributed by atoms with van der Waals surface area (Å²) in [6.45, 7) is 3.93. The maximum atomic E-state index is 12.6. The number of nitrogens with one attached hydrogen (secondary N) is 1. The predicted octanol–water partition coefficient (Wildman–Crippen LogP) is 2.66. The SMILES string of the molecule is CNCCC1CCCCN1C(=O)c1sccc1C. The molecule has 1 aromatic rings. The van der Waals surface area contributed by atoms with E-state index in [9.17, 15) is 4.79 Å². The molecule has 0 bridgehead atoms. The number of thiophene rings is 1. The van der Waals surface area contributed by atoms with Gasteiger partial charge < -0.3 is 10.2 Å². The highest BCUT2D eigenvalue weighted by atomic mass is 32.1. The van der Waals surface area contributed by atoms with Crippen molar-refractivity contribution in [1.82, 2.24) is 10.2 Å². The van der Waals surface area contributed by atoms with E-state index in [0.29, 0.717) is 6.04 Å². The van der Waals surface area contributed by atoms with Crippen molar-refractivity contribution in [2.24, 2.45) is 0 Å². The van der Waals surface area contributed by atoms with Crippen LogP contribution in [0.3, 0.4) is 0 Å². The van der Waals surface area contributed by atoms with Crippen LogP contribution in [-0.4, -0.2) is 37.0 Å². The molecule has 1 aliphatic rings. The molecule has 0 radical (unpaired) electrons. The molecule has 1 amide bonds. The molecule has 1 unspecified atom stereocenters. The number of hydrogen-bond acceptors (Lipinski definition) is 3. The van der Waals surface area contributed by atoms with Crippen LogP contribution < -0.4 is 5.32 Å². The summed E-state index contributed by atoms with van der Waals surface area (Å²) in [6.07, 6.45) is 4.61. The van der Waals surface area contributed by atoms with Gasteiger partial charge in [0.1, 0.15) is 0 Å². The standard InChI is InChI=1S/C14H22N2OS/c1-11-7-10-18-13(11)14(17)16-9-4-3-5-12(16)6-8-15-2/h7,10,12,15H,3-6,8-9H2,1-2H3. The highest BCUT2D eigenvalue weighted by Gasteiger charge is 2.28. The molecular formula is C14H22N2OS. The smallest absolute Gasteiger partial charge is 0.264 e. The van der Waals surface area contributed by atoms with Crippen LogP contribution in [0.5, 0.6) is 0 Å². The minimum atomic E-state index is 0.239. The van der Waals surface area contributed by atoms with Gasteiger partial charge in [-0.25, -0.2) is 0 Å². The van der Waals surface area contributed by atoms with Crippen LogP contribution in [0.2, 0.25) is 0 Å². The molecule has 1 saturated heterocycles. The van der Waals surface area contributed by atoms with Crippen molar-refractivity contribution < 1.29 is 4.79 Å². The molecule has 0 aliphatic carbocycles.